The zero-order chi connectivity index (χ0) is 32.7. The highest BCUT2D eigenvalue weighted by molar-refractivity contribution is 7.90. The topological polar surface area (TPSA) is 136 Å². The Kier molecular flexibility index (Phi) is 10.4. The number of aryl methyl sites for hydroxylation is 1. The molecule has 46 heavy (non-hydrogen) atoms. The van der Waals surface area contributed by atoms with Gasteiger partial charge < -0.3 is 10.1 Å². The number of aromatic nitrogens is 2. The van der Waals surface area contributed by atoms with Gasteiger partial charge in [0, 0.05) is 11.9 Å². The van der Waals surface area contributed by atoms with Crippen molar-refractivity contribution >= 4 is 48.5 Å². The third-order valence-electron chi connectivity index (χ3n) is 7.42. The Labute approximate surface area is 273 Å². The van der Waals surface area contributed by atoms with Crippen molar-refractivity contribution in [3.05, 3.63) is 119 Å². The Morgan fingerprint density at radius 3 is 2.13 bits per heavy atom. The summed E-state index contributed by atoms with van der Waals surface area (Å²) >= 11 is 6.59. The van der Waals surface area contributed by atoms with Crippen LogP contribution in [0.3, 0.4) is 0 Å². The highest BCUT2D eigenvalue weighted by Crippen LogP contribution is 2.38. The number of methoxy groups -OCH3 is 1. The lowest BCUT2D eigenvalue weighted by atomic mass is 10.0. The maximum absolute atomic E-state index is 13.6. The van der Waals surface area contributed by atoms with Crippen LogP contribution in [0, 0.1) is 0 Å². The molecule has 0 radical (unpaired) electrons. The zero-order valence-corrected chi connectivity index (χ0v) is 27.4. The number of hydrogen-bond donors (Lipinski definition) is 2. The van der Waals surface area contributed by atoms with E-state index in [4.69, 9.17) is 16.3 Å². The number of ether oxygens (including phenoxy) is 1. The summed E-state index contributed by atoms with van der Waals surface area (Å²) in [5.41, 5.74) is 1.66. The SMILES string of the molecule is COc1c(Cl)cc(CC(NS(=O)(=O)c2ccccc2)C(=O)NCCCCc2ccccc2)c2cnn(S(=O)(=O)c3ccccc3)c12. The van der Waals surface area contributed by atoms with E-state index in [-0.39, 0.29) is 32.5 Å². The van der Waals surface area contributed by atoms with E-state index in [1.807, 2.05) is 30.3 Å². The van der Waals surface area contributed by atoms with Crippen molar-refractivity contribution in [1.29, 1.82) is 0 Å². The maximum Gasteiger partial charge on any atom is 0.283 e. The van der Waals surface area contributed by atoms with E-state index in [0.717, 1.165) is 16.9 Å². The predicted molar refractivity (Wildman–Crippen MR) is 177 cm³/mol. The molecule has 5 aromatic rings. The molecule has 1 unspecified atom stereocenters. The molecule has 4 aromatic carbocycles. The molecule has 1 atom stereocenters. The molecule has 0 saturated heterocycles. The zero-order valence-electron chi connectivity index (χ0n) is 25.0. The Bertz CT molecular complexity index is 2020. The first-order valence-corrected chi connectivity index (χ1v) is 17.8. The van der Waals surface area contributed by atoms with E-state index in [1.165, 1.54) is 49.2 Å². The summed E-state index contributed by atoms with van der Waals surface area (Å²) in [6.45, 7) is 0.335. The van der Waals surface area contributed by atoms with E-state index in [2.05, 4.69) is 15.1 Å². The molecule has 5 rings (SSSR count). The molecule has 0 aliphatic carbocycles. The Balaban J connectivity index is 1.46. The van der Waals surface area contributed by atoms with Gasteiger partial charge in [-0.15, -0.1) is 4.09 Å². The number of amides is 1. The number of unbranched alkanes of at least 4 members (excludes halogenated alkanes) is 1. The lowest BCUT2D eigenvalue weighted by molar-refractivity contribution is -0.122. The predicted octanol–water partition coefficient (Wildman–Crippen LogP) is 4.96. The molecule has 0 aliphatic heterocycles. The molecule has 0 bridgehead atoms. The lowest BCUT2D eigenvalue weighted by Gasteiger charge is -2.20. The van der Waals surface area contributed by atoms with E-state index in [1.54, 1.807) is 36.4 Å². The van der Waals surface area contributed by atoms with Gasteiger partial charge in [0.05, 0.1) is 28.1 Å². The fourth-order valence-corrected chi connectivity index (χ4v) is 7.93. The molecule has 0 fully saturated rings. The first-order chi connectivity index (χ1) is 22.1. The third kappa shape index (κ3) is 7.42. The van der Waals surface area contributed by atoms with Crippen molar-refractivity contribution in [3.8, 4) is 5.75 Å². The molecule has 0 spiro atoms. The average Bonchev–Trinajstić information content (AvgIpc) is 3.52. The minimum Gasteiger partial charge on any atom is -0.493 e. The number of sulfonamides is 1. The van der Waals surface area contributed by atoms with Gasteiger partial charge in [-0.05, 0) is 67.1 Å². The highest BCUT2D eigenvalue weighted by Gasteiger charge is 2.30. The van der Waals surface area contributed by atoms with Crippen LogP contribution in [0.25, 0.3) is 10.9 Å². The van der Waals surface area contributed by atoms with Crippen LogP contribution in [-0.4, -0.2) is 51.6 Å². The molecule has 13 heteroatoms. The standard InChI is InChI=1S/C33H33ClN4O6S2/c1-44-32-29(34)21-25(28-23-36-38(31(28)32)46(42,43)27-18-9-4-10-19-27)22-30(37-45(40,41)26-16-7-3-8-17-26)33(39)35-20-12-11-15-24-13-5-2-6-14-24/h2-10,13-14,16-19,21,23,30,37H,11-12,15,20,22H2,1H3,(H,35,39). The molecule has 10 nitrogen and oxygen atoms in total. The molecule has 0 saturated carbocycles. The normalized spacial score (nSPS) is 12.6. The van der Waals surface area contributed by atoms with Crippen molar-refractivity contribution in [2.75, 3.05) is 13.7 Å². The molecule has 240 valence electrons. The second-order valence-corrected chi connectivity index (χ2v) is 14.4. The van der Waals surface area contributed by atoms with E-state index in [9.17, 15) is 21.6 Å². The molecular formula is C33H33ClN4O6S2. The minimum absolute atomic E-state index is 0.00344. The van der Waals surface area contributed by atoms with Crippen molar-refractivity contribution in [2.45, 2.75) is 41.5 Å². The second kappa shape index (κ2) is 14.5. The summed E-state index contributed by atoms with van der Waals surface area (Å²) in [5.74, 6) is -0.467. The van der Waals surface area contributed by atoms with Crippen molar-refractivity contribution in [1.82, 2.24) is 19.2 Å². The number of carbonyl (C=O) groups excluding carboxylic acids is 1. The number of hydrogen-bond acceptors (Lipinski definition) is 7. The van der Waals surface area contributed by atoms with E-state index < -0.39 is 32.0 Å². The van der Waals surface area contributed by atoms with E-state index in [0.29, 0.717) is 23.9 Å². The van der Waals surface area contributed by atoms with Crippen LogP contribution in [-0.2, 0) is 37.7 Å². The van der Waals surface area contributed by atoms with Crippen molar-refractivity contribution < 1.29 is 26.4 Å². The molecule has 1 aromatic heterocycles. The summed E-state index contributed by atoms with van der Waals surface area (Å²) < 4.78 is 62.8. The van der Waals surface area contributed by atoms with Crippen LogP contribution < -0.4 is 14.8 Å². The molecule has 0 aliphatic rings. The summed E-state index contributed by atoms with van der Waals surface area (Å²) in [7, 11) is -6.91. The third-order valence-corrected chi connectivity index (χ3v) is 10.8. The average molecular weight is 681 g/mol. The smallest absolute Gasteiger partial charge is 0.283 e. The van der Waals surface area contributed by atoms with Crippen molar-refractivity contribution in [2.24, 2.45) is 0 Å². The number of carbonyl (C=O) groups is 1. The Morgan fingerprint density at radius 1 is 0.891 bits per heavy atom. The highest BCUT2D eigenvalue weighted by atomic mass is 35.5. The summed E-state index contributed by atoms with van der Waals surface area (Å²) in [4.78, 5) is 13.6. The van der Waals surface area contributed by atoms with Crippen LogP contribution in [0.1, 0.15) is 24.0 Å². The van der Waals surface area contributed by atoms with Gasteiger partial charge in [0.2, 0.25) is 15.9 Å². The van der Waals surface area contributed by atoms with Crippen LogP contribution in [0.2, 0.25) is 5.02 Å². The number of halogens is 1. The number of fused-ring (bicyclic) bond motifs is 1. The van der Waals surface area contributed by atoms with Gasteiger partial charge in [0.15, 0.2) is 5.75 Å². The quantitative estimate of drug-likeness (QED) is 0.158. The number of nitrogens with zero attached hydrogens (tertiary/aromatic N) is 2. The van der Waals surface area contributed by atoms with Crippen LogP contribution in [0.4, 0.5) is 0 Å². The van der Waals surface area contributed by atoms with Crippen LogP contribution in [0.5, 0.6) is 5.75 Å². The van der Waals surface area contributed by atoms with Gasteiger partial charge in [-0.25, -0.2) is 8.42 Å². The lowest BCUT2D eigenvalue weighted by Crippen LogP contribution is -2.48. The number of rotatable bonds is 14. The largest absolute Gasteiger partial charge is 0.493 e. The summed E-state index contributed by atoms with van der Waals surface area (Å²) in [5, 5.41) is 7.44. The van der Waals surface area contributed by atoms with Gasteiger partial charge in [0.25, 0.3) is 10.0 Å². The minimum atomic E-state index is -4.16. The molecular weight excluding hydrogens is 648 g/mol. The number of benzene rings is 4. The van der Waals surface area contributed by atoms with Crippen LogP contribution >= 0.6 is 11.6 Å². The van der Waals surface area contributed by atoms with Crippen molar-refractivity contribution in [3.63, 3.8) is 0 Å². The molecule has 2 N–H and O–H groups in total. The van der Waals surface area contributed by atoms with Gasteiger partial charge in [-0.2, -0.15) is 18.2 Å². The molecule has 1 amide bonds. The Hall–Kier alpha value is -4.23. The van der Waals surface area contributed by atoms with Crippen LogP contribution in [0.15, 0.2) is 113 Å². The molecule has 1 heterocycles. The summed E-state index contributed by atoms with van der Waals surface area (Å²) in [6.07, 6.45) is 3.54. The van der Waals surface area contributed by atoms with E-state index >= 15 is 0 Å². The Morgan fingerprint density at radius 2 is 1.50 bits per heavy atom. The maximum atomic E-state index is 13.6. The first-order valence-electron chi connectivity index (χ1n) is 14.5. The fourth-order valence-electron chi connectivity index (χ4n) is 5.12. The fraction of sp³-hybridized carbons (Fsp3) is 0.212. The number of nitrogens with one attached hydrogen (secondary N) is 2. The van der Waals surface area contributed by atoms with Gasteiger partial charge in [-0.1, -0.05) is 78.3 Å². The summed E-state index contributed by atoms with van der Waals surface area (Å²) in [6, 6.07) is 25.8. The second-order valence-electron chi connectivity index (χ2n) is 10.5. The monoisotopic (exact) mass is 680 g/mol. The van der Waals surface area contributed by atoms with Gasteiger partial charge in [0.1, 0.15) is 11.6 Å². The first kappa shape index (κ1) is 33.1. The van der Waals surface area contributed by atoms with Gasteiger partial charge >= 0.3 is 0 Å². The van der Waals surface area contributed by atoms with Gasteiger partial charge in [-0.3, -0.25) is 4.79 Å².